The molecule has 0 saturated heterocycles. The molecule has 6 nitrogen and oxygen atoms in total. The number of nitrogens with one attached hydrogen (secondary N) is 1. The number of furan rings is 1. The quantitative estimate of drug-likeness (QED) is 0.931. The van der Waals surface area contributed by atoms with E-state index in [0.29, 0.717) is 6.54 Å². The summed E-state index contributed by atoms with van der Waals surface area (Å²) in [7, 11) is 1.76. The van der Waals surface area contributed by atoms with E-state index in [-0.39, 0.29) is 18.9 Å². The summed E-state index contributed by atoms with van der Waals surface area (Å²) in [5, 5.41) is 2.99. The van der Waals surface area contributed by atoms with E-state index in [9.17, 15) is 4.79 Å². The molecule has 1 aromatic carbocycles. The van der Waals surface area contributed by atoms with Crippen molar-refractivity contribution in [1.29, 1.82) is 0 Å². The monoisotopic (exact) mass is 330 g/mol. The predicted molar refractivity (Wildman–Crippen MR) is 89.2 cm³/mol. The zero-order chi connectivity index (χ0) is 17.3. The van der Waals surface area contributed by atoms with Gasteiger partial charge in [-0.05, 0) is 44.5 Å². The van der Waals surface area contributed by atoms with Crippen LogP contribution >= 0.6 is 0 Å². The molecule has 6 heteroatoms. The zero-order valence-electron chi connectivity index (χ0n) is 14.4. The van der Waals surface area contributed by atoms with Crippen LogP contribution in [0.4, 0.5) is 4.79 Å². The molecule has 1 aromatic heterocycles. The second-order valence-electron chi connectivity index (χ2n) is 6.08. The molecule has 0 aliphatic carbocycles. The summed E-state index contributed by atoms with van der Waals surface area (Å²) < 4.78 is 16.2. The molecule has 2 heterocycles. The fourth-order valence-corrected chi connectivity index (χ4v) is 2.84. The number of hydrogen-bond acceptors (Lipinski definition) is 4. The first-order valence-electron chi connectivity index (χ1n) is 7.91. The number of nitrogens with zero attached hydrogens (tertiary/aromatic N) is 1. The molecule has 0 unspecified atom stereocenters. The summed E-state index contributed by atoms with van der Waals surface area (Å²) >= 11 is 0. The van der Waals surface area contributed by atoms with Crippen LogP contribution in [0.3, 0.4) is 0 Å². The highest BCUT2D eigenvalue weighted by Gasteiger charge is 2.18. The lowest BCUT2D eigenvalue weighted by Crippen LogP contribution is -2.38. The molecule has 1 atom stereocenters. The van der Waals surface area contributed by atoms with Crippen LogP contribution in [0.15, 0.2) is 28.7 Å². The third kappa shape index (κ3) is 3.32. The molecule has 128 valence electrons. The molecule has 2 aromatic rings. The van der Waals surface area contributed by atoms with E-state index in [1.165, 1.54) is 0 Å². The van der Waals surface area contributed by atoms with Crippen LogP contribution in [-0.4, -0.2) is 24.8 Å². The van der Waals surface area contributed by atoms with Gasteiger partial charge in [0, 0.05) is 19.2 Å². The second-order valence-corrected chi connectivity index (χ2v) is 6.08. The predicted octanol–water partition coefficient (Wildman–Crippen LogP) is 3.53. The van der Waals surface area contributed by atoms with E-state index in [2.05, 4.69) is 5.32 Å². The van der Waals surface area contributed by atoms with Gasteiger partial charge in [0.2, 0.25) is 6.79 Å². The van der Waals surface area contributed by atoms with E-state index in [1.54, 1.807) is 11.9 Å². The molecule has 0 fully saturated rings. The van der Waals surface area contributed by atoms with Gasteiger partial charge >= 0.3 is 6.03 Å². The van der Waals surface area contributed by atoms with Crippen molar-refractivity contribution >= 4 is 6.03 Å². The summed E-state index contributed by atoms with van der Waals surface area (Å²) in [5.74, 6) is 3.14. The van der Waals surface area contributed by atoms with Gasteiger partial charge in [-0.15, -0.1) is 0 Å². The minimum absolute atomic E-state index is 0.117. The first kappa shape index (κ1) is 16.2. The van der Waals surface area contributed by atoms with Crippen molar-refractivity contribution in [1.82, 2.24) is 10.2 Å². The minimum Gasteiger partial charge on any atom is -0.466 e. The van der Waals surface area contributed by atoms with Crippen LogP contribution in [0.25, 0.3) is 0 Å². The van der Waals surface area contributed by atoms with Crippen LogP contribution in [0.1, 0.15) is 35.6 Å². The molecule has 3 rings (SSSR count). The third-order valence-electron chi connectivity index (χ3n) is 4.09. The normalized spacial score (nSPS) is 13.7. The fourth-order valence-electron chi connectivity index (χ4n) is 2.84. The average molecular weight is 330 g/mol. The summed E-state index contributed by atoms with van der Waals surface area (Å²) in [6.07, 6.45) is 0. The highest BCUT2D eigenvalue weighted by molar-refractivity contribution is 5.74. The van der Waals surface area contributed by atoms with E-state index < -0.39 is 0 Å². The maximum atomic E-state index is 12.4. The molecular weight excluding hydrogens is 308 g/mol. The Labute approximate surface area is 141 Å². The summed E-state index contributed by atoms with van der Waals surface area (Å²) in [6.45, 7) is 6.48. The number of aryl methyl sites for hydroxylation is 2. The molecule has 0 bridgehead atoms. The molecule has 0 radical (unpaired) electrons. The molecule has 2 amide bonds. The van der Waals surface area contributed by atoms with Crippen molar-refractivity contribution in [3.63, 3.8) is 0 Å². The smallest absolute Gasteiger partial charge is 0.317 e. The lowest BCUT2D eigenvalue weighted by atomic mass is 10.1. The number of hydrogen-bond donors (Lipinski definition) is 1. The Balaban J connectivity index is 1.61. The van der Waals surface area contributed by atoms with E-state index in [0.717, 1.165) is 34.1 Å². The SMILES string of the molecule is Cc1cc([C@@H](C)NC(=O)N(C)Cc2ccc3c(c2)OCO3)c(C)o1. The third-order valence-corrected chi connectivity index (χ3v) is 4.09. The Bertz CT molecular complexity index is 753. The van der Waals surface area contributed by atoms with Crippen molar-refractivity contribution < 1.29 is 18.7 Å². The van der Waals surface area contributed by atoms with Gasteiger partial charge < -0.3 is 24.1 Å². The highest BCUT2D eigenvalue weighted by atomic mass is 16.7. The van der Waals surface area contributed by atoms with Gasteiger partial charge in [0.1, 0.15) is 11.5 Å². The first-order valence-corrected chi connectivity index (χ1v) is 7.91. The Kier molecular flexibility index (Phi) is 4.38. The first-order chi connectivity index (χ1) is 11.4. The van der Waals surface area contributed by atoms with Crippen molar-refractivity contribution in [3.8, 4) is 11.5 Å². The van der Waals surface area contributed by atoms with Gasteiger partial charge in [0.05, 0.1) is 6.04 Å². The number of carbonyl (C=O) groups is 1. The van der Waals surface area contributed by atoms with E-state index in [1.807, 2.05) is 45.0 Å². The number of urea groups is 1. The largest absolute Gasteiger partial charge is 0.466 e. The highest BCUT2D eigenvalue weighted by Crippen LogP contribution is 2.32. The van der Waals surface area contributed by atoms with Crippen molar-refractivity contribution in [3.05, 3.63) is 46.9 Å². The lowest BCUT2D eigenvalue weighted by Gasteiger charge is -2.21. The summed E-state index contributed by atoms with van der Waals surface area (Å²) in [6, 6.07) is 7.40. The molecule has 1 aliphatic heterocycles. The van der Waals surface area contributed by atoms with Gasteiger partial charge in [-0.3, -0.25) is 0 Å². The number of ether oxygens (including phenoxy) is 2. The molecular formula is C18H22N2O4. The van der Waals surface area contributed by atoms with Crippen LogP contribution in [-0.2, 0) is 6.54 Å². The molecule has 1 aliphatic rings. The van der Waals surface area contributed by atoms with Crippen molar-refractivity contribution in [2.45, 2.75) is 33.4 Å². The van der Waals surface area contributed by atoms with E-state index in [4.69, 9.17) is 13.9 Å². The van der Waals surface area contributed by atoms with Gasteiger partial charge in [0.25, 0.3) is 0 Å². The molecule has 0 saturated carbocycles. The number of fused-ring (bicyclic) bond motifs is 1. The topological polar surface area (TPSA) is 63.9 Å². The molecule has 24 heavy (non-hydrogen) atoms. The number of benzene rings is 1. The summed E-state index contributed by atoms with van der Waals surface area (Å²) in [4.78, 5) is 14.0. The average Bonchev–Trinajstić information content (AvgIpc) is 3.12. The number of rotatable bonds is 4. The maximum Gasteiger partial charge on any atom is 0.317 e. The number of amides is 2. The van der Waals surface area contributed by atoms with Crippen LogP contribution in [0.2, 0.25) is 0 Å². The number of carbonyl (C=O) groups excluding carboxylic acids is 1. The molecule has 0 spiro atoms. The van der Waals surface area contributed by atoms with Gasteiger partial charge in [-0.25, -0.2) is 4.79 Å². The fraction of sp³-hybridized carbons (Fsp3) is 0.389. The minimum atomic E-state index is -0.140. The van der Waals surface area contributed by atoms with E-state index >= 15 is 0 Å². The Morgan fingerprint density at radius 3 is 2.71 bits per heavy atom. The summed E-state index contributed by atoms with van der Waals surface area (Å²) in [5.41, 5.74) is 1.98. The van der Waals surface area contributed by atoms with Crippen LogP contribution < -0.4 is 14.8 Å². The van der Waals surface area contributed by atoms with Gasteiger partial charge in [0.15, 0.2) is 11.5 Å². The van der Waals surface area contributed by atoms with Gasteiger partial charge in [-0.2, -0.15) is 0 Å². The zero-order valence-corrected chi connectivity index (χ0v) is 14.4. The Morgan fingerprint density at radius 1 is 1.25 bits per heavy atom. The standard InChI is InChI=1S/C18H22N2O4/c1-11-7-15(13(3)24-11)12(2)19-18(21)20(4)9-14-5-6-16-17(8-14)23-10-22-16/h5-8,12H,9-10H2,1-4H3,(H,19,21)/t12-/m1/s1. The van der Waals surface area contributed by atoms with Crippen LogP contribution in [0.5, 0.6) is 11.5 Å². The van der Waals surface area contributed by atoms with Crippen LogP contribution in [0, 0.1) is 13.8 Å². The lowest BCUT2D eigenvalue weighted by molar-refractivity contribution is 0.174. The van der Waals surface area contributed by atoms with Crippen molar-refractivity contribution in [2.24, 2.45) is 0 Å². The second kappa shape index (κ2) is 6.47. The maximum absolute atomic E-state index is 12.4. The molecule has 1 N–H and O–H groups in total. The van der Waals surface area contributed by atoms with Crippen molar-refractivity contribution in [2.75, 3.05) is 13.8 Å². The van der Waals surface area contributed by atoms with Gasteiger partial charge in [-0.1, -0.05) is 6.07 Å². The Hall–Kier alpha value is -2.63. The Morgan fingerprint density at radius 2 is 2.00 bits per heavy atom.